The van der Waals surface area contributed by atoms with Crippen LogP contribution in [-0.2, 0) is 0 Å². The highest BCUT2D eigenvalue weighted by Crippen LogP contribution is 2.49. The van der Waals surface area contributed by atoms with Gasteiger partial charge in [0.2, 0.25) is 0 Å². The summed E-state index contributed by atoms with van der Waals surface area (Å²) in [4.78, 5) is 2.49. The van der Waals surface area contributed by atoms with E-state index in [9.17, 15) is 0 Å². The van der Waals surface area contributed by atoms with E-state index in [-0.39, 0.29) is 0 Å². The predicted octanol–water partition coefficient (Wildman–Crippen LogP) is 8.74. The summed E-state index contributed by atoms with van der Waals surface area (Å²) in [7, 11) is 0. The Morgan fingerprint density at radius 1 is 0.472 bits per heavy atom. The average Bonchev–Trinajstić information content (AvgIpc) is 3.43. The first-order valence-electron chi connectivity index (χ1n) is 12.7. The molecule has 3 nitrogen and oxygen atoms in total. The van der Waals surface area contributed by atoms with Gasteiger partial charge in [0.1, 0.15) is 0 Å². The number of benzene rings is 5. The van der Waals surface area contributed by atoms with Gasteiger partial charge in [0.05, 0.1) is 39.1 Å². The monoisotopic (exact) mass is 463 g/mol. The van der Waals surface area contributed by atoms with Crippen molar-refractivity contribution in [3.8, 4) is 11.4 Å². The zero-order valence-corrected chi connectivity index (χ0v) is 20.3. The fraction of sp³-hybridized carbons (Fsp3) is 0.0909. The van der Waals surface area contributed by atoms with Crippen molar-refractivity contribution < 1.29 is 0 Å². The van der Waals surface area contributed by atoms with Crippen molar-refractivity contribution in [3.05, 3.63) is 109 Å². The molecule has 0 unspecified atom stereocenters. The van der Waals surface area contributed by atoms with Crippen LogP contribution in [0.25, 0.3) is 55.0 Å². The van der Waals surface area contributed by atoms with Crippen LogP contribution in [0.4, 0.5) is 11.4 Å². The smallest absolute Gasteiger partial charge is 0.0779 e. The number of rotatable bonds is 2. The lowest BCUT2D eigenvalue weighted by Crippen LogP contribution is -2.29. The van der Waals surface area contributed by atoms with Crippen molar-refractivity contribution in [2.24, 2.45) is 0 Å². The van der Waals surface area contributed by atoms with Crippen LogP contribution in [0.15, 0.2) is 109 Å². The number of para-hydroxylation sites is 5. The van der Waals surface area contributed by atoms with Gasteiger partial charge in [-0.1, -0.05) is 66.7 Å². The molecule has 0 aliphatic carbocycles. The molecule has 2 aromatic heterocycles. The summed E-state index contributed by atoms with van der Waals surface area (Å²) in [5.74, 6) is 0. The molecule has 172 valence electrons. The highest BCUT2D eigenvalue weighted by molar-refractivity contribution is 6.28. The zero-order chi connectivity index (χ0) is 24.0. The lowest BCUT2D eigenvalue weighted by atomic mass is 10.1. The molecular weight excluding hydrogens is 438 g/mol. The summed E-state index contributed by atoms with van der Waals surface area (Å²) in [5, 5.41) is 5.20. The first kappa shape index (κ1) is 19.8. The standard InChI is InChI=1S/C33H25N3/c1-21(2)34-27-16-8-9-17-28(27)36-32-23(14-10-18-30(32)34)24-19-20-29-31(33(24)36)25-13-6-7-15-26(25)35(29)22-11-4-3-5-12-22/h3-21H,1-2H3. The minimum Gasteiger partial charge on any atom is -0.335 e. The molecule has 0 fully saturated rings. The van der Waals surface area contributed by atoms with Crippen molar-refractivity contribution in [1.29, 1.82) is 0 Å². The Kier molecular flexibility index (Phi) is 3.85. The molecule has 36 heavy (non-hydrogen) atoms. The lowest BCUT2D eigenvalue weighted by Gasteiger charge is -2.35. The first-order valence-corrected chi connectivity index (χ1v) is 12.7. The molecule has 1 aliphatic rings. The van der Waals surface area contributed by atoms with Crippen LogP contribution in [0.1, 0.15) is 13.8 Å². The minimum atomic E-state index is 0.350. The van der Waals surface area contributed by atoms with E-state index in [1.54, 1.807) is 0 Å². The molecule has 0 bridgehead atoms. The van der Waals surface area contributed by atoms with E-state index in [0.717, 1.165) is 0 Å². The van der Waals surface area contributed by atoms with E-state index in [4.69, 9.17) is 0 Å². The third-order valence-electron chi connectivity index (χ3n) is 7.74. The zero-order valence-electron chi connectivity index (χ0n) is 20.3. The predicted molar refractivity (Wildman–Crippen MR) is 152 cm³/mol. The second kappa shape index (κ2) is 7.02. The van der Waals surface area contributed by atoms with Gasteiger partial charge in [0.15, 0.2) is 0 Å². The van der Waals surface area contributed by atoms with Gasteiger partial charge in [-0.3, -0.25) is 0 Å². The van der Waals surface area contributed by atoms with Gasteiger partial charge >= 0.3 is 0 Å². The van der Waals surface area contributed by atoms with Crippen LogP contribution in [0, 0.1) is 0 Å². The third kappa shape index (κ3) is 2.37. The van der Waals surface area contributed by atoms with Gasteiger partial charge in [0.25, 0.3) is 0 Å². The lowest BCUT2D eigenvalue weighted by molar-refractivity contribution is 0.781. The van der Waals surface area contributed by atoms with E-state index < -0.39 is 0 Å². The maximum absolute atomic E-state index is 2.53. The molecule has 0 saturated carbocycles. The molecule has 3 heteroatoms. The molecule has 0 saturated heterocycles. The van der Waals surface area contributed by atoms with Gasteiger partial charge < -0.3 is 14.0 Å². The maximum atomic E-state index is 2.53. The van der Waals surface area contributed by atoms with Crippen molar-refractivity contribution >= 4 is 55.0 Å². The van der Waals surface area contributed by atoms with Crippen LogP contribution < -0.4 is 4.90 Å². The summed E-state index contributed by atoms with van der Waals surface area (Å²) < 4.78 is 4.93. The fourth-order valence-corrected chi connectivity index (χ4v) is 6.42. The second-order valence-electron chi connectivity index (χ2n) is 10.0. The number of nitrogens with zero attached hydrogens (tertiary/aromatic N) is 3. The van der Waals surface area contributed by atoms with E-state index in [2.05, 4.69) is 137 Å². The Bertz CT molecular complexity index is 1970. The van der Waals surface area contributed by atoms with Crippen LogP contribution >= 0.6 is 0 Å². The molecule has 0 N–H and O–H groups in total. The summed E-state index contributed by atoms with van der Waals surface area (Å²) in [6.45, 7) is 4.55. The highest BCUT2D eigenvalue weighted by Gasteiger charge is 2.30. The Labute approximate surface area is 209 Å². The van der Waals surface area contributed by atoms with E-state index in [0.29, 0.717) is 6.04 Å². The molecule has 0 atom stereocenters. The average molecular weight is 464 g/mol. The van der Waals surface area contributed by atoms with Gasteiger partial charge in [-0.2, -0.15) is 0 Å². The first-order chi connectivity index (χ1) is 17.7. The normalized spacial score (nSPS) is 12.9. The molecule has 1 aliphatic heterocycles. The topological polar surface area (TPSA) is 13.1 Å². The number of anilines is 2. The van der Waals surface area contributed by atoms with Crippen LogP contribution in [0.2, 0.25) is 0 Å². The summed E-state index contributed by atoms with van der Waals surface area (Å²) >= 11 is 0. The molecule has 0 amide bonds. The van der Waals surface area contributed by atoms with Crippen molar-refractivity contribution in [3.63, 3.8) is 0 Å². The van der Waals surface area contributed by atoms with Crippen LogP contribution in [0.5, 0.6) is 0 Å². The third-order valence-corrected chi connectivity index (χ3v) is 7.74. The summed E-state index contributed by atoms with van der Waals surface area (Å²) in [6.07, 6.45) is 0. The number of hydrogen-bond acceptors (Lipinski definition) is 1. The molecular formula is C33H25N3. The van der Waals surface area contributed by atoms with Gasteiger partial charge in [0, 0.05) is 33.3 Å². The highest BCUT2D eigenvalue weighted by atomic mass is 15.2. The number of fused-ring (bicyclic) bond motifs is 9. The Morgan fingerprint density at radius 3 is 1.97 bits per heavy atom. The fourth-order valence-electron chi connectivity index (χ4n) is 6.42. The minimum absolute atomic E-state index is 0.350. The summed E-state index contributed by atoms with van der Waals surface area (Å²) in [5.41, 5.74) is 10.0. The van der Waals surface area contributed by atoms with E-state index in [1.807, 2.05) is 0 Å². The van der Waals surface area contributed by atoms with Crippen LogP contribution in [-0.4, -0.2) is 15.2 Å². The van der Waals surface area contributed by atoms with Gasteiger partial charge in [-0.15, -0.1) is 0 Å². The number of hydrogen-bond donors (Lipinski definition) is 0. The van der Waals surface area contributed by atoms with Gasteiger partial charge in [-0.25, -0.2) is 0 Å². The molecule has 7 aromatic rings. The van der Waals surface area contributed by atoms with Crippen LogP contribution in [0.3, 0.4) is 0 Å². The van der Waals surface area contributed by atoms with E-state index in [1.165, 1.54) is 66.4 Å². The second-order valence-corrected chi connectivity index (χ2v) is 10.0. The molecule has 0 radical (unpaired) electrons. The van der Waals surface area contributed by atoms with Gasteiger partial charge in [-0.05, 0) is 56.3 Å². The Balaban J connectivity index is 1.65. The SMILES string of the molecule is CC(C)N1c2ccccc2-n2c3c1cccc3c1ccc3c(c4ccccc4n3-c3ccccc3)c12. The quantitative estimate of drug-likeness (QED) is 0.250. The van der Waals surface area contributed by atoms with E-state index >= 15 is 0 Å². The Morgan fingerprint density at radius 2 is 1.14 bits per heavy atom. The molecule has 5 aromatic carbocycles. The Hall–Kier alpha value is -4.50. The summed E-state index contributed by atoms with van der Waals surface area (Å²) in [6, 6.07) is 40.1. The van der Waals surface area contributed by atoms with Crippen molar-refractivity contribution in [2.75, 3.05) is 4.90 Å². The van der Waals surface area contributed by atoms with Crippen molar-refractivity contribution in [1.82, 2.24) is 9.13 Å². The number of aromatic nitrogens is 2. The van der Waals surface area contributed by atoms with Crippen molar-refractivity contribution in [2.45, 2.75) is 19.9 Å². The molecule has 3 heterocycles. The molecule has 8 rings (SSSR count). The molecule has 0 spiro atoms. The maximum Gasteiger partial charge on any atom is 0.0779 e. The largest absolute Gasteiger partial charge is 0.335 e.